The molecule has 3 nitrogen and oxygen atoms in total. The summed E-state index contributed by atoms with van der Waals surface area (Å²) >= 11 is 1.57. The average Bonchev–Trinajstić information content (AvgIpc) is 2.82. The number of thiazole rings is 1. The Kier molecular flexibility index (Phi) is 3.58. The van der Waals surface area contributed by atoms with Crippen molar-refractivity contribution < 1.29 is 9.13 Å². The number of benzene rings is 1. The first kappa shape index (κ1) is 11.9. The van der Waals surface area contributed by atoms with Gasteiger partial charge >= 0.3 is 0 Å². The first-order valence-electron chi connectivity index (χ1n) is 5.20. The van der Waals surface area contributed by atoms with E-state index in [0.717, 1.165) is 5.01 Å². The van der Waals surface area contributed by atoms with Crippen LogP contribution >= 0.6 is 11.3 Å². The van der Waals surface area contributed by atoms with Crippen molar-refractivity contribution in [3.8, 4) is 5.75 Å². The number of nitrogens with one attached hydrogen (secondary N) is 1. The molecule has 0 saturated heterocycles. The lowest BCUT2D eigenvalue weighted by atomic mass is 10.2. The van der Waals surface area contributed by atoms with Gasteiger partial charge in [0.05, 0.1) is 13.2 Å². The van der Waals surface area contributed by atoms with E-state index in [1.54, 1.807) is 29.7 Å². The van der Waals surface area contributed by atoms with Gasteiger partial charge in [0.15, 0.2) is 11.6 Å². The second kappa shape index (κ2) is 5.14. The summed E-state index contributed by atoms with van der Waals surface area (Å²) in [7, 11) is 1.45. The van der Waals surface area contributed by atoms with E-state index in [1.165, 1.54) is 13.2 Å². The Hall–Kier alpha value is -1.62. The zero-order chi connectivity index (χ0) is 12.3. The lowest BCUT2D eigenvalue weighted by Gasteiger charge is -2.13. The maximum absolute atomic E-state index is 13.5. The van der Waals surface area contributed by atoms with Crippen LogP contribution in [0.5, 0.6) is 5.75 Å². The van der Waals surface area contributed by atoms with E-state index in [0.29, 0.717) is 5.69 Å². The molecule has 0 bridgehead atoms. The predicted molar refractivity (Wildman–Crippen MR) is 67.1 cm³/mol. The van der Waals surface area contributed by atoms with Crippen LogP contribution in [0.4, 0.5) is 10.1 Å². The molecule has 1 aromatic carbocycles. The molecule has 2 aromatic rings. The van der Waals surface area contributed by atoms with Gasteiger partial charge in [-0.15, -0.1) is 11.3 Å². The van der Waals surface area contributed by atoms with Crippen LogP contribution in [0.1, 0.15) is 18.0 Å². The number of aromatic nitrogens is 1. The number of rotatable bonds is 4. The molecule has 1 aromatic heterocycles. The minimum Gasteiger partial charge on any atom is -0.494 e. The zero-order valence-electron chi connectivity index (χ0n) is 9.61. The standard InChI is InChI=1S/C12H13FN2OS/c1-8(12-14-5-6-17-12)15-9-3-4-11(16-2)10(13)7-9/h3-8,15H,1-2H3. The molecule has 1 atom stereocenters. The van der Waals surface area contributed by atoms with E-state index in [9.17, 15) is 4.39 Å². The van der Waals surface area contributed by atoms with Crippen LogP contribution in [-0.2, 0) is 0 Å². The first-order valence-corrected chi connectivity index (χ1v) is 6.08. The van der Waals surface area contributed by atoms with Gasteiger partial charge in [0.25, 0.3) is 0 Å². The Bertz CT molecular complexity index is 487. The van der Waals surface area contributed by atoms with Crippen molar-refractivity contribution in [1.82, 2.24) is 4.98 Å². The molecule has 17 heavy (non-hydrogen) atoms. The topological polar surface area (TPSA) is 34.1 Å². The monoisotopic (exact) mass is 252 g/mol. The lowest BCUT2D eigenvalue weighted by molar-refractivity contribution is 0.386. The molecule has 0 aliphatic rings. The minimum atomic E-state index is -0.371. The number of ether oxygens (including phenoxy) is 1. The molecule has 1 heterocycles. The smallest absolute Gasteiger partial charge is 0.167 e. The summed E-state index contributed by atoms with van der Waals surface area (Å²) in [5.41, 5.74) is 0.714. The molecule has 2 rings (SSSR count). The normalized spacial score (nSPS) is 12.2. The van der Waals surface area contributed by atoms with Crippen molar-refractivity contribution in [3.63, 3.8) is 0 Å². The van der Waals surface area contributed by atoms with Crippen molar-refractivity contribution in [3.05, 3.63) is 40.6 Å². The highest BCUT2D eigenvalue weighted by atomic mass is 32.1. The van der Waals surface area contributed by atoms with E-state index in [2.05, 4.69) is 10.3 Å². The highest BCUT2D eigenvalue weighted by molar-refractivity contribution is 7.09. The van der Waals surface area contributed by atoms with Crippen LogP contribution in [0.2, 0.25) is 0 Å². The maximum atomic E-state index is 13.5. The summed E-state index contributed by atoms with van der Waals surface area (Å²) in [4.78, 5) is 4.21. The largest absolute Gasteiger partial charge is 0.494 e. The molecule has 0 amide bonds. The van der Waals surface area contributed by atoms with E-state index in [1.807, 2.05) is 12.3 Å². The Morgan fingerprint density at radius 3 is 2.88 bits per heavy atom. The highest BCUT2D eigenvalue weighted by Gasteiger charge is 2.09. The molecule has 5 heteroatoms. The number of anilines is 1. The second-order valence-corrected chi connectivity index (χ2v) is 4.51. The van der Waals surface area contributed by atoms with Crippen molar-refractivity contribution in [2.45, 2.75) is 13.0 Å². The van der Waals surface area contributed by atoms with Gasteiger partial charge in [-0.1, -0.05) is 0 Å². The molecule has 0 saturated carbocycles. The van der Waals surface area contributed by atoms with E-state index in [-0.39, 0.29) is 17.6 Å². The lowest BCUT2D eigenvalue weighted by Crippen LogP contribution is -2.06. The Labute approximate surface area is 103 Å². The molecule has 0 radical (unpaired) electrons. The van der Waals surface area contributed by atoms with Crippen molar-refractivity contribution in [2.24, 2.45) is 0 Å². The molecule has 0 aliphatic heterocycles. The molecular formula is C12H13FN2OS. The van der Waals surface area contributed by atoms with Crippen LogP contribution in [0, 0.1) is 5.82 Å². The predicted octanol–water partition coefficient (Wildman–Crippen LogP) is 3.46. The highest BCUT2D eigenvalue weighted by Crippen LogP contribution is 2.24. The van der Waals surface area contributed by atoms with Crippen LogP contribution in [0.3, 0.4) is 0 Å². The summed E-state index contributed by atoms with van der Waals surface area (Å²) < 4.78 is 18.3. The summed E-state index contributed by atoms with van der Waals surface area (Å²) in [6.07, 6.45) is 1.76. The molecule has 0 spiro atoms. The van der Waals surface area contributed by atoms with Gasteiger partial charge in [0.1, 0.15) is 5.01 Å². The summed E-state index contributed by atoms with van der Waals surface area (Å²) in [6, 6.07) is 4.86. The number of methoxy groups -OCH3 is 1. The summed E-state index contributed by atoms with van der Waals surface area (Å²) in [5.74, 6) is -0.124. The van der Waals surface area contributed by atoms with Crippen LogP contribution in [0.15, 0.2) is 29.8 Å². The zero-order valence-corrected chi connectivity index (χ0v) is 10.4. The number of hydrogen-bond acceptors (Lipinski definition) is 4. The van der Waals surface area contributed by atoms with Crippen molar-refractivity contribution in [2.75, 3.05) is 12.4 Å². The molecule has 1 unspecified atom stereocenters. The maximum Gasteiger partial charge on any atom is 0.167 e. The molecule has 90 valence electrons. The molecular weight excluding hydrogens is 239 g/mol. The second-order valence-electron chi connectivity index (χ2n) is 3.59. The summed E-state index contributed by atoms with van der Waals surface area (Å²) in [5, 5.41) is 6.08. The fourth-order valence-corrected chi connectivity index (χ4v) is 2.16. The number of hydrogen-bond donors (Lipinski definition) is 1. The van der Waals surface area contributed by atoms with Crippen molar-refractivity contribution >= 4 is 17.0 Å². The number of nitrogens with zero attached hydrogens (tertiary/aromatic N) is 1. The third-order valence-electron chi connectivity index (χ3n) is 2.36. The van der Waals surface area contributed by atoms with Gasteiger partial charge < -0.3 is 10.1 Å². The van der Waals surface area contributed by atoms with Gasteiger partial charge in [-0.05, 0) is 19.1 Å². The van der Waals surface area contributed by atoms with Gasteiger partial charge in [-0.25, -0.2) is 9.37 Å². The fraction of sp³-hybridized carbons (Fsp3) is 0.250. The quantitative estimate of drug-likeness (QED) is 0.904. The van der Waals surface area contributed by atoms with Crippen LogP contribution in [-0.4, -0.2) is 12.1 Å². The Morgan fingerprint density at radius 1 is 1.47 bits per heavy atom. The van der Waals surface area contributed by atoms with E-state index >= 15 is 0 Å². The van der Waals surface area contributed by atoms with Crippen LogP contribution < -0.4 is 10.1 Å². The molecule has 0 aliphatic carbocycles. The average molecular weight is 252 g/mol. The molecule has 1 N–H and O–H groups in total. The Balaban J connectivity index is 2.11. The van der Waals surface area contributed by atoms with Gasteiger partial charge in [0.2, 0.25) is 0 Å². The van der Waals surface area contributed by atoms with E-state index in [4.69, 9.17) is 4.74 Å². The van der Waals surface area contributed by atoms with Gasteiger partial charge in [-0.2, -0.15) is 0 Å². The SMILES string of the molecule is COc1ccc(NC(C)c2nccs2)cc1F. The molecule has 0 fully saturated rings. The summed E-state index contributed by atoms with van der Waals surface area (Å²) in [6.45, 7) is 1.99. The minimum absolute atomic E-state index is 0.0581. The van der Waals surface area contributed by atoms with Crippen molar-refractivity contribution in [1.29, 1.82) is 0 Å². The van der Waals surface area contributed by atoms with Gasteiger partial charge in [-0.3, -0.25) is 0 Å². The van der Waals surface area contributed by atoms with Gasteiger partial charge in [0, 0.05) is 23.3 Å². The van der Waals surface area contributed by atoms with E-state index < -0.39 is 0 Å². The number of halogens is 1. The third-order valence-corrected chi connectivity index (χ3v) is 3.32. The third kappa shape index (κ3) is 2.74. The van der Waals surface area contributed by atoms with Crippen LogP contribution in [0.25, 0.3) is 0 Å². The first-order chi connectivity index (χ1) is 8.20. The fourth-order valence-electron chi connectivity index (χ4n) is 1.52. The Morgan fingerprint density at radius 2 is 2.29 bits per heavy atom.